The van der Waals surface area contributed by atoms with Gasteiger partial charge in [-0.2, -0.15) is 16.9 Å². The molecule has 4 heteroatoms. The molecule has 1 unspecified atom stereocenters. The van der Waals surface area contributed by atoms with E-state index in [1.54, 1.807) is 0 Å². The van der Waals surface area contributed by atoms with Crippen molar-refractivity contribution in [2.75, 3.05) is 18.6 Å². The van der Waals surface area contributed by atoms with Crippen molar-refractivity contribution in [3.63, 3.8) is 0 Å². The standard InChI is InChI=1S/C15H27N3S/c1-12(2)18-7-4-14(17-18)11-15(16-3)10-13-5-8-19-9-6-13/h4,7,12-13,15-16H,5-6,8-11H2,1-3H3. The molecule has 0 radical (unpaired) electrons. The highest BCUT2D eigenvalue weighted by atomic mass is 32.2. The van der Waals surface area contributed by atoms with Crippen molar-refractivity contribution in [1.29, 1.82) is 0 Å². The topological polar surface area (TPSA) is 29.9 Å². The summed E-state index contributed by atoms with van der Waals surface area (Å²) in [6.07, 6.45) is 7.24. The van der Waals surface area contributed by atoms with Gasteiger partial charge in [-0.05, 0) is 63.6 Å². The number of hydrogen-bond donors (Lipinski definition) is 1. The lowest BCUT2D eigenvalue weighted by Crippen LogP contribution is -2.31. The molecule has 1 fully saturated rings. The predicted molar refractivity (Wildman–Crippen MR) is 83.8 cm³/mol. The highest BCUT2D eigenvalue weighted by molar-refractivity contribution is 7.99. The van der Waals surface area contributed by atoms with Gasteiger partial charge in [0.25, 0.3) is 0 Å². The SMILES string of the molecule is CNC(Cc1ccn(C(C)C)n1)CC1CCSCC1. The minimum atomic E-state index is 0.456. The van der Waals surface area contributed by atoms with E-state index in [1.165, 1.54) is 36.5 Å². The summed E-state index contributed by atoms with van der Waals surface area (Å²) in [4.78, 5) is 0. The van der Waals surface area contributed by atoms with Crippen LogP contribution in [0, 0.1) is 5.92 Å². The van der Waals surface area contributed by atoms with E-state index in [2.05, 4.69) is 60.0 Å². The van der Waals surface area contributed by atoms with E-state index in [0.29, 0.717) is 12.1 Å². The third kappa shape index (κ3) is 4.53. The van der Waals surface area contributed by atoms with Crippen molar-refractivity contribution in [3.05, 3.63) is 18.0 Å². The molecule has 2 rings (SSSR count). The molecule has 1 aromatic rings. The van der Waals surface area contributed by atoms with E-state index in [-0.39, 0.29) is 0 Å². The Balaban J connectivity index is 1.86. The normalized spacial score (nSPS) is 18.9. The molecular weight excluding hydrogens is 254 g/mol. The molecule has 1 atom stereocenters. The van der Waals surface area contributed by atoms with E-state index in [9.17, 15) is 0 Å². The molecule has 19 heavy (non-hydrogen) atoms. The summed E-state index contributed by atoms with van der Waals surface area (Å²) >= 11 is 2.11. The summed E-state index contributed by atoms with van der Waals surface area (Å²) in [5, 5.41) is 8.14. The van der Waals surface area contributed by atoms with Crippen LogP contribution in [0.5, 0.6) is 0 Å². The molecule has 0 amide bonds. The Morgan fingerprint density at radius 1 is 1.42 bits per heavy atom. The predicted octanol–water partition coefficient (Wildman–Crippen LogP) is 3.13. The summed E-state index contributed by atoms with van der Waals surface area (Å²) in [6.45, 7) is 4.35. The number of thioether (sulfide) groups is 1. The van der Waals surface area contributed by atoms with Crippen molar-refractivity contribution < 1.29 is 0 Å². The van der Waals surface area contributed by atoms with Gasteiger partial charge in [0.05, 0.1) is 5.69 Å². The lowest BCUT2D eigenvalue weighted by Gasteiger charge is -2.25. The first-order valence-corrected chi connectivity index (χ1v) is 8.63. The van der Waals surface area contributed by atoms with Gasteiger partial charge in [-0.25, -0.2) is 0 Å². The second kappa shape index (κ2) is 7.34. The molecule has 1 aliphatic rings. The molecular formula is C15H27N3S. The highest BCUT2D eigenvalue weighted by Crippen LogP contribution is 2.26. The average Bonchev–Trinajstić information content (AvgIpc) is 2.88. The summed E-state index contributed by atoms with van der Waals surface area (Å²) in [6, 6.07) is 3.20. The smallest absolute Gasteiger partial charge is 0.0640 e. The first kappa shape index (κ1) is 14.9. The van der Waals surface area contributed by atoms with Gasteiger partial charge in [0.2, 0.25) is 0 Å². The van der Waals surface area contributed by atoms with Crippen molar-refractivity contribution in [1.82, 2.24) is 15.1 Å². The zero-order valence-corrected chi connectivity index (χ0v) is 13.2. The zero-order chi connectivity index (χ0) is 13.7. The van der Waals surface area contributed by atoms with Gasteiger partial charge in [0.15, 0.2) is 0 Å². The third-order valence-corrected chi connectivity index (χ3v) is 5.06. The Morgan fingerprint density at radius 3 is 2.74 bits per heavy atom. The van der Waals surface area contributed by atoms with Gasteiger partial charge >= 0.3 is 0 Å². The molecule has 2 heterocycles. The van der Waals surface area contributed by atoms with Gasteiger partial charge in [-0.1, -0.05) is 0 Å². The molecule has 1 aromatic heterocycles. The number of nitrogens with one attached hydrogen (secondary N) is 1. The first-order valence-electron chi connectivity index (χ1n) is 7.48. The number of hydrogen-bond acceptors (Lipinski definition) is 3. The second-order valence-corrected chi connectivity index (χ2v) is 7.09. The maximum absolute atomic E-state index is 4.66. The van der Waals surface area contributed by atoms with E-state index in [1.807, 2.05) is 0 Å². The maximum Gasteiger partial charge on any atom is 0.0640 e. The molecule has 0 spiro atoms. The van der Waals surface area contributed by atoms with Crippen LogP contribution in [0.3, 0.4) is 0 Å². The Labute approximate surface area is 121 Å². The van der Waals surface area contributed by atoms with Crippen molar-refractivity contribution in [3.8, 4) is 0 Å². The number of nitrogens with zero attached hydrogens (tertiary/aromatic N) is 2. The van der Waals surface area contributed by atoms with Crippen LogP contribution in [0.2, 0.25) is 0 Å². The Morgan fingerprint density at radius 2 is 2.16 bits per heavy atom. The Bertz CT molecular complexity index is 369. The van der Waals surface area contributed by atoms with Crippen LogP contribution < -0.4 is 5.32 Å². The largest absolute Gasteiger partial charge is 0.317 e. The van der Waals surface area contributed by atoms with Crippen LogP contribution in [0.4, 0.5) is 0 Å². The second-order valence-electron chi connectivity index (χ2n) is 5.86. The summed E-state index contributed by atoms with van der Waals surface area (Å²) in [7, 11) is 2.09. The van der Waals surface area contributed by atoms with Crippen LogP contribution in [0.1, 0.15) is 44.8 Å². The van der Waals surface area contributed by atoms with Crippen LogP contribution in [0.15, 0.2) is 12.3 Å². The molecule has 108 valence electrons. The van der Waals surface area contributed by atoms with E-state index in [0.717, 1.165) is 12.3 Å². The summed E-state index contributed by atoms with van der Waals surface area (Å²) < 4.78 is 2.05. The van der Waals surface area contributed by atoms with Crippen molar-refractivity contribution in [2.24, 2.45) is 5.92 Å². The van der Waals surface area contributed by atoms with Crippen LogP contribution in [-0.2, 0) is 6.42 Å². The quantitative estimate of drug-likeness (QED) is 0.869. The lowest BCUT2D eigenvalue weighted by molar-refractivity contribution is 0.373. The molecule has 3 nitrogen and oxygen atoms in total. The van der Waals surface area contributed by atoms with E-state index >= 15 is 0 Å². The van der Waals surface area contributed by atoms with Crippen LogP contribution in [0.25, 0.3) is 0 Å². The molecule has 0 bridgehead atoms. The molecule has 1 aliphatic heterocycles. The van der Waals surface area contributed by atoms with Crippen LogP contribution >= 0.6 is 11.8 Å². The zero-order valence-electron chi connectivity index (χ0n) is 12.4. The van der Waals surface area contributed by atoms with Crippen molar-refractivity contribution >= 4 is 11.8 Å². The third-order valence-electron chi connectivity index (χ3n) is 4.02. The van der Waals surface area contributed by atoms with E-state index in [4.69, 9.17) is 0 Å². The van der Waals surface area contributed by atoms with E-state index < -0.39 is 0 Å². The summed E-state index contributed by atoms with van der Waals surface area (Å²) in [5.41, 5.74) is 1.22. The van der Waals surface area contributed by atoms with Gasteiger partial charge in [0.1, 0.15) is 0 Å². The van der Waals surface area contributed by atoms with Gasteiger partial charge in [-0.15, -0.1) is 0 Å². The minimum absolute atomic E-state index is 0.456. The highest BCUT2D eigenvalue weighted by Gasteiger charge is 2.19. The van der Waals surface area contributed by atoms with Gasteiger partial charge < -0.3 is 5.32 Å². The molecule has 1 N–H and O–H groups in total. The number of likely N-dealkylation sites (N-methyl/N-ethyl adjacent to an activating group) is 1. The average molecular weight is 281 g/mol. The molecule has 0 saturated carbocycles. The summed E-state index contributed by atoms with van der Waals surface area (Å²) in [5.74, 6) is 3.61. The minimum Gasteiger partial charge on any atom is -0.317 e. The van der Waals surface area contributed by atoms with Crippen molar-refractivity contribution in [2.45, 2.75) is 51.6 Å². The van der Waals surface area contributed by atoms with Gasteiger partial charge in [0, 0.05) is 24.7 Å². The number of aromatic nitrogens is 2. The first-order chi connectivity index (χ1) is 9.19. The van der Waals surface area contributed by atoms with Crippen LogP contribution in [-0.4, -0.2) is 34.4 Å². The Kier molecular flexibility index (Phi) is 5.76. The fourth-order valence-corrected chi connectivity index (χ4v) is 3.92. The fourth-order valence-electron chi connectivity index (χ4n) is 2.71. The molecule has 0 aromatic carbocycles. The monoisotopic (exact) mass is 281 g/mol. The Hall–Kier alpha value is -0.480. The lowest BCUT2D eigenvalue weighted by atomic mass is 9.92. The molecule has 1 saturated heterocycles. The fraction of sp³-hybridized carbons (Fsp3) is 0.800. The maximum atomic E-state index is 4.66. The van der Waals surface area contributed by atoms with Gasteiger partial charge in [-0.3, -0.25) is 4.68 Å². The molecule has 0 aliphatic carbocycles. The number of rotatable bonds is 6.